The second-order valence-electron chi connectivity index (χ2n) is 16.7. The Kier molecular flexibility index (Phi) is 6.68. The lowest BCUT2D eigenvalue weighted by Gasteiger charge is -2.72. The van der Waals surface area contributed by atoms with Crippen molar-refractivity contribution < 1.29 is 29.3 Å². The van der Waals surface area contributed by atoms with Gasteiger partial charge in [0, 0.05) is 11.5 Å². The van der Waals surface area contributed by atoms with Gasteiger partial charge in [-0.15, -0.1) is 0 Å². The van der Waals surface area contributed by atoms with E-state index in [1.807, 2.05) is 6.92 Å². The molecular weight excluding hydrogens is 518 g/mol. The van der Waals surface area contributed by atoms with E-state index in [9.17, 15) is 24.6 Å². The summed E-state index contributed by atoms with van der Waals surface area (Å²) in [5.74, 6) is -0.940. The molecule has 0 spiro atoms. The summed E-state index contributed by atoms with van der Waals surface area (Å²) in [5.41, 5.74) is -0.719. The number of hydrogen-bond donors (Lipinski definition) is 3. The fourth-order valence-corrected chi connectivity index (χ4v) is 12.5. The van der Waals surface area contributed by atoms with Gasteiger partial charge in [-0.05, 0) is 123 Å². The first-order valence-electron chi connectivity index (χ1n) is 16.6. The van der Waals surface area contributed by atoms with Gasteiger partial charge in [0.25, 0.3) is 0 Å². The summed E-state index contributed by atoms with van der Waals surface area (Å²) in [6.45, 7) is 13.9. The highest BCUT2D eigenvalue weighted by molar-refractivity contribution is 5.77. The van der Waals surface area contributed by atoms with Gasteiger partial charge in [-0.3, -0.25) is 9.59 Å². The molecule has 6 aliphatic rings. The minimum atomic E-state index is -0.789. The van der Waals surface area contributed by atoms with E-state index < -0.39 is 23.3 Å². The van der Waals surface area contributed by atoms with Gasteiger partial charge in [0.2, 0.25) is 0 Å². The van der Waals surface area contributed by atoms with Crippen molar-refractivity contribution in [3.63, 3.8) is 0 Å². The molecule has 7 heteroatoms. The van der Waals surface area contributed by atoms with Crippen LogP contribution in [0.25, 0.3) is 0 Å². The molecule has 0 aromatic carbocycles. The number of carbonyl (C=O) groups is 3. The lowest BCUT2D eigenvalue weighted by atomic mass is 9.32. The van der Waals surface area contributed by atoms with E-state index in [-0.39, 0.29) is 51.6 Å². The fraction of sp³-hybridized carbons (Fsp3) is 0.912. The molecule has 0 aromatic heterocycles. The number of fused-ring (bicyclic) bond motifs is 7. The van der Waals surface area contributed by atoms with E-state index in [1.165, 1.54) is 0 Å². The van der Waals surface area contributed by atoms with Crippen LogP contribution in [0.1, 0.15) is 119 Å². The summed E-state index contributed by atoms with van der Waals surface area (Å²) in [6.07, 6.45) is 10.9. The number of ether oxygens (including phenoxy) is 1. The van der Waals surface area contributed by atoms with Gasteiger partial charge in [-0.1, -0.05) is 41.5 Å². The summed E-state index contributed by atoms with van der Waals surface area (Å²) in [4.78, 5) is 37.8. The number of rotatable bonds is 5. The molecule has 41 heavy (non-hydrogen) atoms. The Labute approximate surface area is 245 Å². The number of aliphatic carboxylic acids is 2. The molecule has 6 rings (SSSR count). The second-order valence-corrected chi connectivity index (χ2v) is 16.7. The predicted molar refractivity (Wildman–Crippen MR) is 155 cm³/mol. The zero-order valence-electron chi connectivity index (χ0n) is 26.1. The Hall–Kier alpha value is -1.79. The largest absolute Gasteiger partial charge is 0.481 e. The molecular formula is C34H53NO6. The summed E-state index contributed by atoms with van der Waals surface area (Å²) in [7, 11) is 0. The number of alkyl carbamates (subject to hydrolysis) is 1. The molecule has 0 heterocycles. The Bertz CT molecular complexity index is 1120. The highest BCUT2D eigenvalue weighted by atomic mass is 16.6. The third-order valence-electron chi connectivity index (χ3n) is 15.0. The van der Waals surface area contributed by atoms with Crippen LogP contribution in [0, 0.1) is 62.6 Å². The maximum atomic E-state index is 12.9. The van der Waals surface area contributed by atoms with E-state index in [2.05, 4.69) is 39.9 Å². The number of carbonyl (C=O) groups excluding carboxylic acids is 1. The zero-order chi connectivity index (χ0) is 29.8. The fourth-order valence-electron chi connectivity index (χ4n) is 12.5. The lowest BCUT2D eigenvalue weighted by molar-refractivity contribution is -0.249. The van der Waals surface area contributed by atoms with E-state index >= 15 is 0 Å². The highest BCUT2D eigenvalue weighted by Crippen LogP contribution is 2.77. The van der Waals surface area contributed by atoms with Crippen LogP contribution < -0.4 is 5.32 Å². The van der Waals surface area contributed by atoms with Gasteiger partial charge in [0.15, 0.2) is 0 Å². The molecule has 5 unspecified atom stereocenters. The monoisotopic (exact) mass is 571 g/mol. The molecule has 7 nitrogen and oxygen atoms in total. The molecule has 0 aliphatic heterocycles. The van der Waals surface area contributed by atoms with Crippen molar-refractivity contribution in [1.29, 1.82) is 0 Å². The third-order valence-corrected chi connectivity index (χ3v) is 15.0. The molecule has 6 aliphatic carbocycles. The van der Waals surface area contributed by atoms with Crippen LogP contribution in [0.4, 0.5) is 4.79 Å². The first-order chi connectivity index (χ1) is 19.1. The molecule has 11 atom stereocenters. The van der Waals surface area contributed by atoms with Crippen molar-refractivity contribution in [3.8, 4) is 0 Å². The van der Waals surface area contributed by atoms with Gasteiger partial charge in [0.05, 0.1) is 11.3 Å². The van der Waals surface area contributed by atoms with Crippen LogP contribution in [-0.4, -0.2) is 40.4 Å². The van der Waals surface area contributed by atoms with Crippen molar-refractivity contribution in [1.82, 2.24) is 5.32 Å². The van der Waals surface area contributed by atoms with Crippen molar-refractivity contribution in [3.05, 3.63) is 0 Å². The normalized spacial score (nSPS) is 48.9. The van der Waals surface area contributed by atoms with Crippen LogP contribution in [0.3, 0.4) is 0 Å². The molecule has 0 saturated heterocycles. The van der Waals surface area contributed by atoms with E-state index in [1.54, 1.807) is 0 Å². The molecule has 3 N–H and O–H groups in total. The van der Waals surface area contributed by atoms with Crippen LogP contribution >= 0.6 is 0 Å². The molecule has 0 bridgehead atoms. The number of amides is 1. The van der Waals surface area contributed by atoms with E-state index in [4.69, 9.17) is 4.74 Å². The van der Waals surface area contributed by atoms with Crippen LogP contribution in [0.5, 0.6) is 0 Å². The zero-order valence-corrected chi connectivity index (χ0v) is 26.1. The molecule has 230 valence electrons. The Morgan fingerprint density at radius 2 is 1.49 bits per heavy atom. The summed E-state index contributed by atoms with van der Waals surface area (Å²) in [5, 5.41) is 23.6. The van der Waals surface area contributed by atoms with E-state index in [0.29, 0.717) is 37.1 Å². The first kappa shape index (κ1) is 29.3. The Morgan fingerprint density at radius 3 is 2.12 bits per heavy atom. The van der Waals surface area contributed by atoms with Gasteiger partial charge in [-0.2, -0.15) is 0 Å². The van der Waals surface area contributed by atoms with Crippen molar-refractivity contribution in [2.75, 3.05) is 0 Å². The average molecular weight is 572 g/mol. The van der Waals surface area contributed by atoms with Gasteiger partial charge >= 0.3 is 18.0 Å². The molecule has 6 fully saturated rings. The summed E-state index contributed by atoms with van der Waals surface area (Å²) < 4.78 is 6.10. The smallest absolute Gasteiger partial charge is 0.407 e. The van der Waals surface area contributed by atoms with Crippen molar-refractivity contribution >= 4 is 18.0 Å². The standard InChI is InChI=1S/C34H53NO6/c1-19(27(36)37)21-11-16-34(28(38)39)18-17-32(5)22(26(21)34)9-10-24-31(4)14-13-25(41-29(40)35-20-7-8-20)30(2,3)23(31)12-15-33(24,32)6/h19-26H,7-18H2,1-6H3,(H,35,40)(H,36,37)(H,38,39)/t19?,21-,22?,23?,24?,25+,26?,31-,32+,33+,34-/m0/s1. The summed E-state index contributed by atoms with van der Waals surface area (Å²) >= 11 is 0. The average Bonchev–Trinajstić information content (AvgIpc) is 3.61. The number of hydrogen-bond acceptors (Lipinski definition) is 4. The van der Waals surface area contributed by atoms with Gasteiger partial charge < -0.3 is 20.3 Å². The maximum absolute atomic E-state index is 12.9. The van der Waals surface area contributed by atoms with Crippen LogP contribution in [0.15, 0.2) is 0 Å². The van der Waals surface area contributed by atoms with Crippen LogP contribution in [0.2, 0.25) is 0 Å². The quantitative estimate of drug-likeness (QED) is 0.324. The predicted octanol–water partition coefficient (Wildman–Crippen LogP) is 7.13. The highest BCUT2D eigenvalue weighted by Gasteiger charge is 2.72. The number of nitrogens with one attached hydrogen (secondary N) is 1. The molecule has 0 aromatic rings. The minimum absolute atomic E-state index is 0.0179. The SMILES string of the molecule is CC(C(=O)O)[C@@H]1CC[C@]2(C(=O)O)CC[C@]3(C)C(CCC4[C@@]5(C)CC[C@@H](OC(=O)NC6CC6)C(C)(C)C5CC[C@]43C)C12. The first-order valence-corrected chi connectivity index (χ1v) is 16.6. The van der Waals surface area contributed by atoms with Gasteiger partial charge in [-0.25, -0.2) is 4.79 Å². The molecule has 0 radical (unpaired) electrons. The van der Waals surface area contributed by atoms with E-state index in [0.717, 1.165) is 57.8 Å². The lowest BCUT2D eigenvalue weighted by Crippen LogP contribution is -2.67. The molecule has 1 amide bonds. The Balaban J connectivity index is 1.30. The maximum Gasteiger partial charge on any atom is 0.407 e. The van der Waals surface area contributed by atoms with Crippen molar-refractivity contribution in [2.24, 2.45) is 62.6 Å². The number of carboxylic acids is 2. The second kappa shape index (κ2) is 9.35. The van der Waals surface area contributed by atoms with Gasteiger partial charge in [0.1, 0.15) is 6.10 Å². The molecule has 6 saturated carbocycles. The Morgan fingerprint density at radius 1 is 0.780 bits per heavy atom. The topological polar surface area (TPSA) is 113 Å². The third kappa shape index (κ3) is 3.98. The number of carboxylic acid groups (broad SMARTS) is 2. The van der Waals surface area contributed by atoms with Crippen LogP contribution in [-0.2, 0) is 14.3 Å². The van der Waals surface area contributed by atoms with Crippen molar-refractivity contribution in [2.45, 2.75) is 131 Å². The minimum Gasteiger partial charge on any atom is -0.481 e. The summed E-state index contributed by atoms with van der Waals surface area (Å²) in [6, 6.07) is 0.291.